The molecule has 2 aliphatic rings. The zero-order valence-corrected chi connectivity index (χ0v) is 18.4. The van der Waals surface area contributed by atoms with Crippen LogP contribution < -0.4 is 9.47 Å². The van der Waals surface area contributed by atoms with Crippen LogP contribution in [0.5, 0.6) is 11.5 Å². The standard InChI is InChI=1S/C25H28N2O6/c1-5-21(30-13-11-28-15-23-17-32-23)6-2-19(1)25-9-10-27(26-25)20-3-7-22(8-4-20)31-14-12-29-16-24-18-33-24/h1-10,23-24H,11-18H2. The first kappa shape index (κ1) is 21.9. The van der Waals surface area contributed by atoms with Gasteiger partial charge in [0.2, 0.25) is 0 Å². The molecule has 2 aliphatic heterocycles. The first-order valence-corrected chi connectivity index (χ1v) is 11.2. The van der Waals surface area contributed by atoms with E-state index in [4.69, 9.17) is 33.5 Å². The van der Waals surface area contributed by atoms with Gasteiger partial charge in [0, 0.05) is 11.8 Å². The van der Waals surface area contributed by atoms with Crippen LogP contribution in [0.3, 0.4) is 0 Å². The lowest BCUT2D eigenvalue weighted by molar-refractivity contribution is 0.0878. The largest absolute Gasteiger partial charge is 0.491 e. The highest BCUT2D eigenvalue weighted by Crippen LogP contribution is 2.23. The fourth-order valence-corrected chi connectivity index (χ4v) is 3.23. The van der Waals surface area contributed by atoms with E-state index in [0.717, 1.165) is 41.7 Å². The van der Waals surface area contributed by atoms with Gasteiger partial charge in [0.15, 0.2) is 0 Å². The second-order valence-corrected chi connectivity index (χ2v) is 7.92. The topological polar surface area (TPSA) is 79.8 Å². The highest BCUT2D eigenvalue weighted by atomic mass is 16.6. The van der Waals surface area contributed by atoms with Gasteiger partial charge in [0.05, 0.1) is 51.0 Å². The average Bonchev–Trinajstić information content (AvgIpc) is 3.79. The van der Waals surface area contributed by atoms with Gasteiger partial charge >= 0.3 is 0 Å². The SMILES string of the molecule is c1cc(-c2ccn(-c3ccc(OCCOCC4CO4)cc3)n2)ccc1OCCOCC1CO1. The lowest BCUT2D eigenvalue weighted by Crippen LogP contribution is -2.10. The van der Waals surface area contributed by atoms with Crippen LogP contribution in [0, 0.1) is 0 Å². The normalized spacial score (nSPS) is 18.8. The molecular formula is C25H28N2O6. The summed E-state index contributed by atoms with van der Waals surface area (Å²) in [6.45, 7) is 5.05. The fraction of sp³-hybridized carbons (Fsp3) is 0.400. The van der Waals surface area contributed by atoms with E-state index in [9.17, 15) is 0 Å². The number of ether oxygens (including phenoxy) is 6. The molecule has 2 saturated heterocycles. The Morgan fingerprint density at radius 1 is 0.727 bits per heavy atom. The van der Waals surface area contributed by atoms with E-state index >= 15 is 0 Å². The molecule has 0 bridgehead atoms. The molecule has 2 atom stereocenters. The molecule has 1 aromatic heterocycles. The van der Waals surface area contributed by atoms with Gasteiger partial charge in [0.1, 0.15) is 36.9 Å². The van der Waals surface area contributed by atoms with E-state index in [1.807, 2.05) is 65.5 Å². The highest BCUT2D eigenvalue weighted by Gasteiger charge is 2.22. The maximum atomic E-state index is 5.72. The lowest BCUT2D eigenvalue weighted by atomic mass is 10.1. The molecule has 0 amide bonds. The third-order valence-electron chi connectivity index (χ3n) is 5.25. The van der Waals surface area contributed by atoms with Crippen molar-refractivity contribution in [2.24, 2.45) is 0 Å². The molecule has 3 heterocycles. The summed E-state index contributed by atoms with van der Waals surface area (Å²) in [7, 11) is 0. The van der Waals surface area contributed by atoms with E-state index in [-0.39, 0.29) is 12.2 Å². The first-order chi connectivity index (χ1) is 16.3. The Morgan fingerprint density at radius 3 is 1.82 bits per heavy atom. The number of rotatable bonds is 14. The molecule has 0 N–H and O–H groups in total. The predicted molar refractivity (Wildman–Crippen MR) is 121 cm³/mol. The number of aromatic nitrogens is 2. The molecule has 8 nitrogen and oxygen atoms in total. The maximum absolute atomic E-state index is 5.72. The molecule has 2 aromatic carbocycles. The van der Waals surface area contributed by atoms with Crippen molar-refractivity contribution in [3.63, 3.8) is 0 Å². The van der Waals surface area contributed by atoms with E-state index < -0.39 is 0 Å². The number of hydrogen-bond acceptors (Lipinski definition) is 7. The van der Waals surface area contributed by atoms with Crippen LogP contribution in [0.4, 0.5) is 0 Å². The monoisotopic (exact) mass is 452 g/mol. The number of nitrogens with zero attached hydrogens (tertiary/aromatic N) is 2. The molecule has 5 rings (SSSR count). The van der Waals surface area contributed by atoms with E-state index in [0.29, 0.717) is 39.6 Å². The summed E-state index contributed by atoms with van der Waals surface area (Å²) in [5.74, 6) is 1.62. The van der Waals surface area contributed by atoms with Crippen LogP contribution in [0.1, 0.15) is 0 Å². The van der Waals surface area contributed by atoms with Crippen LogP contribution in [-0.2, 0) is 18.9 Å². The maximum Gasteiger partial charge on any atom is 0.119 e. The zero-order valence-electron chi connectivity index (χ0n) is 18.4. The first-order valence-electron chi connectivity index (χ1n) is 11.2. The van der Waals surface area contributed by atoms with Crippen LogP contribution in [0.15, 0.2) is 60.8 Å². The van der Waals surface area contributed by atoms with Gasteiger partial charge in [-0.25, -0.2) is 4.68 Å². The van der Waals surface area contributed by atoms with Gasteiger partial charge in [-0.3, -0.25) is 0 Å². The lowest BCUT2D eigenvalue weighted by Gasteiger charge is -2.08. The summed E-state index contributed by atoms with van der Waals surface area (Å²) in [6.07, 6.45) is 2.52. The second kappa shape index (κ2) is 10.8. The Morgan fingerprint density at radius 2 is 1.27 bits per heavy atom. The molecular weight excluding hydrogens is 424 g/mol. The van der Waals surface area contributed by atoms with Crippen LogP contribution in [0.25, 0.3) is 16.9 Å². The quantitative estimate of drug-likeness (QED) is 0.275. The van der Waals surface area contributed by atoms with Crippen molar-refractivity contribution in [2.75, 3.05) is 52.9 Å². The molecule has 0 saturated carbocycles. The molecule has 2 fully saturated rings. The fourth-order valence-electron chi connectivity index (χ4n) is 3.23. The Labute approximate surface area is 192 Å². The van der Waals surface area contributed by atoms with Crippen LogP contribution in [0.2, 0.25) is 0 Å². The highest BCUT2D eigenvalue weighted by molar-refractivity contribution is 5.60. The van der Waals surface area contributed by atoms with E-state index in [1.54, 1.807) is 0 Å². The summed E-state index contributed by atoms with van der Waals surface area (Å²) in [5, 5.41) is 4.70. The van der Waals surface area contributed by atoms with Crippen molar-refractivity contribution in [3.05, 3.63) is 60.8 Å². The minimum atomic E-state index is 0.284. The van der Waals surface area contributed by atoms with Gasteiger partial charge in [-0.15, -0.1) is 0 Å². The molecule has 8 heteroatoms. The van der Waals surface area contributed by atoms with Crippen molar-refractivity contribution < 1.29 is 28.4 Å². The minimum absolute atomic E-state index is 0.284. The second-order valence-electron chi connectivity index (χ2n) is 7.92. The van der Waals surface area contributed by atoms with Crippen LogP contribution >= 0.6 is 0 Å². The Hall–Kier alpha value is -2.91. The third-order valence-corrected chi connectivity index (χ3v) is 5.25. The van der Waals surface area contributed by atoms with Gasteiger partial charge in [-0.2, -0.15) is 5.10 Å². The summed E-state index contributed by atoms with van der Waals surface area (Å²) >= 11 is 0. The van der Waals surface area contributed by atoms with Gasteiger partial charge in [-0.05, 0) is 54.6 Å². The van der Waals surface area contributed by atoms with Crippen molar-refractivity contribution >= 4 is 0 Å². The number of benzene rings is 2. The molecule has 0 radical (unpaired) electrons. The molecule has 3 aromatic rings. The number of hydrogen-bond donors (Lipinski definition) is 0. The van der Waals surface area contributed by atoms with Crippen molar-refractivity contribution in [2.45, 2.75) is 12.2 Å². The smallest absolute Gasteiger partial charge is 0.119 e. The van der Waals surface area contributed by atoms with Gasteiger partial charge in [0.25, 0.3) is 0 Å². The molecule has 0 aliphatic carbocycles. The summed E-state index contributed by atoms with van der Waals surface area (Å²) < 4.78 is 34.5. The predicted octanol–water partition coefficient (Wildman–Crippen LogP) is 3.13. The van der Waals surface area contributed by atoms with Crippen molar-refractivity contribution in [1.29, 1.82) is 0 Å². The van der Waals surface area contributed by atoms with E-state index in [1.165, 1.54) is 0 Å². The molecule has 2 unspecified atom stereocenters. The summed E-state index contributed by atoms with van der Waals surface area (Å²) in [4.78, 5) is 0. The Kier molecular flexibility index (Phi) is 7.17. The Bertz CT molecular complexity index is 916. The molecule has 33 heavy (non-hydrogen) atoms. The zero-order chi connectivity index (χ0) is 22.3. The summed E-state index contributed by atoms with van der Waals surface area (Å²) in [5.41, 5.74) is 2.89. The van der Waals surface area contributed by atoms with Gasteiger partial charge in [-0.1, -0.05) is 0 Å². The van der Waals surface area contributed by atoms with Gasteiger partial charge < -0.3 is 28.4 Å². The van der Waals surface area contributed by atoms with Crippen LogP contribution in [-0.4, -0.2) is 74.8 Å². The summed E-state index contributed by atoms with van der Waals surface area (Å²) in [6, 6.07) is 17.8. The molecule has 0 spiro atoms. The number of epoxide rings is 2. The molecule has 174 valence electrons. The minimum Gasteiger partial charge on any atom is -0.491 e. The van der Waals surface area contributed by atoms with E-state index in [2.05, 4.69) is 0 Å². The average molecular weight is 453 g/mol. The van der Waals surface area contributed by atoms with Crippen molar-refractivity contribution in [3.8, 4) is 28.4 Å². The van der Waals surface area contributed by atoms with Crippen molar-refractivity contribution in [1.82, 2.24) is 9.78 Å². The Balaban J connectivity index is 1.08. The third kappa shape index (κ3) is 6.79.